The standard InChI is InChI=1S/C14H18BrClN2O/c1-17(2)9-10-5-4-8-18(10)14(19)11-6-3-7-12(15)13(11)16/h3,6-7,10H,4-5,8-9H2,1-2H3. The Morgan fingerprint density at radius 3 is 2.95 bits per heavy atom. The number of amides is 1. The fraction of sp³-hybridized carbons (Fsp3) is 0.500. The second-order valence-electron chi connectivity index (χ2n) is 5.16. The third kappa shape index (κ3) is 3.30. The summed E-state index contributed by atoms with van der Waals surface area (Å²) >= 11 is 9.58. The highest BCUT2D eigenvalue weighted by molar-refractivity contribution is 9.10. The van der Waals surface area contributed by atoms with E-state index in [9.17, 15) is 4.79 Å². The maximum atomic E-state index is 12.6. The van der Waals surface area contributed by atoms with E-state index in [0.29, 0.717) is 10.6 Å². The number of benzene rings is 1. The summed E-state index contributed by atoms with van der Waals surface area (Å²) in [6.45, 7) is 1.72. The van der Waals surface area contributed by atoms with Gasteiger partial charge in [0.05, 0.1) is 10.6 Å². The molecule has 5 heteroatoms. The van der Waals surface area contributed by atoms with Crippen molar-refractivity contribution >= 4 is 33.4 Å². The predicted molar refractivity (Wildman–Crippen MR) is 81.8 cm³/mol. The van der Waals surface area contributed by atoms with E-state index < -0.39 is 0 Å². The van der Waals surface area contributed by atoms with Gasteiger partial charge in [-0.1, -0.05) is 17.7 Å². The van der Waals surface area contributed by atoms with Gasteiger partial charge in [-0.3, -0.25) is 4.79 Å². The van der Waals surface area contributed by atoms with Gasteiger partial charge in [0.15, 0.2) is 0 Å². The molecule has 2 rings (SSSR count). The monoisotopic (exact) mass is 344 g/mol. The third-order valence-electron chi connectivity index (χ3n) is 3.40. The normalized spacial score (nSPS) is 19.2. The van der Waals surface area contributed by atoms with Crippen LogP contribution in [0.5, 0.6) is 0 Å². The first kappa shape index (κ1) is 14.8. The summed E-state index contributed by atoms with van der Waals surface area (Å²) in [5, 5.41) is 0.503. The smallest absolute Gasteiger partial charge is 0.255 e. The zero-order valence-corrected chi connectivity index (χ0v) is 13.5. The van der Waals surface area contributed by atoms with Gasteiger partial charge in [-0.25, -0.2) is 0 Å². The van der Waals surface area contributed by atoms with Crippen molar-refractivity contribution in [3.05, 3.63) is 33.3 Å². The Bertz CT molecular complexity index is 479. The molecule has 0 N–H and O–H groups in total. The molecule has 1 fully saturated rings. The summed E-state index contributed by atoms with van der Waals surface area (Å²) in [6.07, 6.45) is 2.13. The third-order valence-corrected chi connectivity index (χ3v) is 4.69. The quantitative estimate of drug-likeness (QED) is 0.839. The number of nitrogens with zero attached hydrogens (tertiary/aromatic N) is 2. The molecule has 3 nitrogen and oxygen atoms in total. The first-order valence-corrected chi connectivity index (χ1v) is 7.57. The first-order valence-electron chi connectivity index (χ1n) is 6.40. The Hall–Kier alpha value is -0.580. The summed E-state index contributed by atoms with van der Waals surface area (Å²) in [5.74, 6) is 0.0376. The van der Waals surface area contributed by atoms with Crippen LogP contribution in [-0.4, -0.2) is 48.9 Å². The van der Waals surface area contributed by atoms with Crippen molar-refractivity contribution in [3.8, 4) is 0 Å². The van der Waals surface area contributed by atoms with Crippen LogP contribution in [0.2, 0.25) is 5.02 Å². The van der Waals surface area contributed by atoms with Crippen molar-refractivity contribution < 1.29 is 4.79 Å². The van der Waals surface area contributed by atoms with E-state index in [-0.39, 0.29) is 11.9 Å². The van der Waals surface area contributed by atoms with Gasteiger partial charge in [-0.05, 0) is 55.0 Å². The number of hydrogen-bond acceptors (Lipinski definition) is 2. The summed E-state index contributed by atoms with van der Waals surface area (Å²) < 4.78 is 0.767. The summed E-state index contributed by atoms with van der Waals surface area (Å²) in [5.41, 5.74) is 0.585. The van der Waals surface area contributed by atoms with Gasteiger partial charge in [0.2, 0.25) is 0 Å². The lowest BCUT2D eigenvalue weighted by atomic mass is 10.1. The number of rotatable bonds is 3. The minimum absolute atomic E-state index is 0.0376. The molecule has 19 heavy (non-hydrogen) atoms. The van der Waals surface area contributed by atoms with Crippen LogP contribution in [0.15, 0.2) is 22.7 Å². The maximum absolute atomic E-state index is 12.6. The lowest BCUT2D eigenvalue weighted by molar-refractivity contribution is 0.0716. The van der Waals surface area contributed by atoms with Crippen molar-refractivity contribution in [2.75, 3.05) is 27.2 Å². The molecule has 0 aromatic heterocycles. The van der Waals surface area contributed by atoms with E-state index in [1.54, 1.807) is 6.07 Å². The zero-order valence-electron chi connectivity index (χ0n) is 11.2. The number of carbonyl (C=O) groups excluding carboxylic acids is 1. The summed E-state index contributed by atoms with van der Waals surface area (Å²) in [7, 11) is 4.07. The largest absolute Gasteiger partial charge is 0.334 e. The van der Waals surface area contributed by atoms with Crippen LogP contribution in [0.4, 0.5) is 0 Å². The Labute approximate surface area is 127 Å². The Morgan fingerprint density at radius 1 is 1.53 bits per heavy atom. The minimum Gasteiger partial charge on any atom is -0.334 e. The molecule has 1 unspecified atom stereocenters. The predicted octanol–water partition coefficient (Wildman–Crippen LogP) is 3.27. The summed E-state index contributed by atoms with van der Waals surface area (Å²) in [4.78, 5) is 16.7. The van der Waals surface area contributed by atoms with Crippen LogP contribution in [0.3, 0.4) is 0 Å². The Balaban J connectivity index is 2.21. The van der Waals surface area contributed by atoms with Gasteiger partial charge < -0.3 is 9.80 Å². The van der Waals surface area contributed by atoms with Crippen LogP contribution in [-0.2, 0) is 0 Å². The van der Waals surface area contributed by atoms with Gasteiger partial charge in [-0.15, -0.1) is 0 Å². The molecule has 0 bridgehead atoms. The molecule has 0 saturated carbocycles. The van der Waals surface area contributed by atoms with Gasteiger partial charge >= 0.3 is 0 Å². The Morgan fingerprint density at radius 2 is 2.26 bits per heavy atom. The van der Waals surface area contributed by atoms with Crippen LogP contribution < -0.4 is 0 Å². The fourth-order valence-electron chi connectivity index (χ4n) is 2.54. The molecule has 1 amide bonds. The van der Waals surface area contributed by atoms with Crippen molar-refractivity contribution in [2.45, 2.75) is 18.9 Å². The molecule has 1 atom stereocenters. The van der Waals surface area contributed by atoms with Crippen LogP contribution in [0, 0.1) is 0 Å². The molecule has 0 radical (unpaired) electrons. The van der Waals surface area contributed by atoms with E-state index in [0.717, 1.165) is 30.4 Å². The van der Waals surface area contributed by atoms with Gasteiger partial charge in [0, 0.05) is 23.6 Å². The van der Waals surface area contributed by atoms with E-state index in [1.807, 2.05) is 31.1 Å². The molecule has 1 heterocycles. The minimum atomic E-state index is 0.0376. The molecule has 0 aliphatic carbocycles. The van der Waals surface area contributed by atoms with Gasteiger partial charge in [0.25, 0.3) is 5.91 Å². The van der Waals surface area contributed by atoms with Crippen LogP contribution in [0.1, 0.15) is 23.2 Å². The topological polar surface area (TPSA) is 23.6 Å². The second-order valence-corrected chi connectivity index (χ2v) is 6.39. The lowest BCUT2D eigenvalue weighted by Gasteiger charge is -2.27. The highest BCUT2D eigenvalue weighted by atomic mass is 79.9. The number of likely N-dealkylation sites (tertiary alicyclic amines) is 1. The highest BCUT2D eigenvalue weighted by Gasteiger charge is 2.30. The number of carbonyl (C=O) groups is 1. The molecular weight excluding hydrogens is 328 g/mol. The van der Waals surface area contributed by atoms with E-state index in [2.05, 4.69) is 20.8 Å². The second kappa shape index (κ2) is 6.25. The van der Waals surface area contributed by atoms with Crippen molar-refractivity contribution in [3.63, 3.8) is 0 Å². The van der Waals surface area contributed by atoms with E-state index in [4.69, 9.17) is 11.6 Å². The molecule has 104 valence electrons. The Kier molecular flexibility index (Phi) is 4.87. The average Bonchev–Trinajstić information content (AvgIpc) is 2.79. The molecule has 0 spiro atoms. The molecule has 1 saturated heterocycles. The van der Waals surface area contributed by atoms with Crippen LogP contribution in [0.25, 0.3) is 0 Å². The zero-order chi connectivity index (χ0) is 14.0. The van der Waals surface area contributed by atoms with E-state index >= 15 is 0 Å². The fourth-order valence-corrected chi connectivity index (χ4v) is 3.11. The number of halogens is 2. The first-order chi connectivity index (χ1) is 9.00. The maximum Gasteiger partial charge on any atom is 0.255 e. The molecular formula is C14H18BrClN2O. The number of likely N-dealkylation sites (N-methyl/N-ethyl adjacent to an activating group) is 1. The molecule has 1 aromatic carbocycles. The number of hydrogen-bond donors (Lipinski definition) is 0. The van der Waals surface area contributed by atoms with Crippen molar-refractivity contribution in [1.82, 2.24) is 9.80 Å². The van der Waals surface area contributed by atoms with Crippen molar-refractivity contribution in [2.24, 2.45) is 0 Å². The highest BCUT2D eigenvalue weighted by Crippen LogP contribution is 2.29. The summed E-state index contributed by atoms with van der Waals surface area (Å²) in [6, 6.07) is 5.78. The SMILES string of the molecule is CN(C)CC1CCCN1C(=O)c1cccc(Br)c1Cl. The average molecular weight is 346 g/mol. The molecule has 1 aromatic rings. The van der Waals surface area contributed by atoms with E-state index in [1.165, 1.54) is 0 Å². The van der Waals surface area contributed by atoms with Crippen molar-refractivity contribution in [1.29, 1.82) is 0 Å². The molecule has 1 aliphatic heterocycles. The molecule has 1 aliphatic rings. The van der Waals surface area contributed by atoms with Gasteiger partial charge in [0.1, 0.15) is 0 Å². The van der Waals surface area contributed by atoms with Gasteiger partial charge in [-0.2, -0.15) is 0 Å². The lowest BCUT2D eigenvalue weighted by Crippen LogP contribution is -2.41. The van der Waals surface area contributed by atoms with Crippen LogP contribution >= 0.6 is 27.5 Å².